The standard InChI is InChI=1S/C76H143NO18/c1-3-5-7-9-11-13-15-17-19-21-23-25-27-29-31-33-35-37-39-41-43-45-47-49-51-53-60(81)59(77-64(82)54-52-50-48-46-44-42-40-38-36-34-32-30-28-26-24-22-20-18-16-14-12-10-8-6-4-2)58-90-74-70(88)67(85)72(62(56-79)92-74)95-76-71(89)68(86)73(63(57-80)93-76)94-75-69(87)66(84)65(83)61(55-78)91-75/h16,18,22,24,59-63,65-76,78-81,83-89H,3-15,17,19-21,23,25-58H2,1-2H3,(H,77,82)/b18-16-,24-22-. The number of hydrogen-bond donors (Lipinski definition) is 12. The van der Waals surface area contributed by atoms with Crippen molar-refractivity contribution in [3.05, 3.63) is 24.3 Å². The summed E-state index contributed by atoms with van der Waals surface area (Å²) in [6, 6.07) is -0.888. The lowest BCUT2D eigenvalue weighted by Gasteiger charge is -2.48. The van der Waals surface area contributed by atoms with Gasteiger partial charge in [-0.2, -0.15) is 0 Å². The van der Waals surface area contributed by atoms with Crippen LogP contribution in [0.1, 0.15) is 322 Å². The zero-order valence-electron chi connectivity index (χ0n) is 59.7. The molecule has 0 radical (unpaired) electrons. The Hall–Kier alpha value is -1.73. The molecule has 0 saturated carbocycles. The number of aliphatic hydroxyl groups is 11. The number of aliphatic hydroxyl groups excluding tert-OH is 11. The van der Waals surface area contributed by atoms with Crippen molar-refractivity contribution in [3.63, 3.8) is 0 Å². The molecule has 0 aliphatic carbocycles. The lowest BCUT2D eigenvalue weighted by atomic mass is 9.96. The number of carbonyl (C=O) groups excluding carboxylic acids is 1. The molecular weight excluding hydrogens is 1210 g/mol. The van der Waals surface area contributed by atoms with Gasteiger partial charge in [0.1, 0.15) is 73.2 Å². The molecule has 0 aromatic carbocycles. The number of ether oxygens (including phenoxy) is 6. The number of amides is 1. The van der Waals surface area contributed by atoms with Crippen LogP contribution in [0.25, 0.3) is 0 Å². The molecule has 0 spiro atoms. The van der Waals surface area contributed by atoms with Gasteiger partial charge in [-0.1, -0.05) is 295 Å². The summed E-state index contributed by atoms with van der Waals surface area (Å²) in [4.78, 5) is 13.5. The normalized spacial score (nSPS) is 27.3. The number of rotatable bonds is 62. The van der Waals surface area contributed by atoms with Crippen molar-refractivity contribution < 1.29 is 89.4 Å². The van der Waals surface area contributed by atoms with Gasteiger partial charge in [0.05, 0.1) is 38.6 Å². The van der Waals surface area contributed by atoms with Gasteiger partial charge in [0, 0.05) is 6.42 Å². The third-order valence-electron chi connectivity index (χ3n) is 19.8. The molecule has 3 aliphatic rings. The Morgan fingerprint density at radius 2 is 0.695 bits per heavy atom. The Morgan fingerprint density at radius 1 is 0.379 bits per heavy atom. The van der Waals surface area contributed by atoms with Crippen LogP contribution in [0.2, 0.25) is 0 Å². The first-order chi connectivity index (χ1) is 46.3. The summed E-state index contributed by atoms with van der Waals surface area (Å²) in [6.45, 7) is 1.84. The molecule has 0 bridgehead atoms. The maximum absolute atomic E-state index is 13.5. The summed E-state index contributed by atoms with van der Waals surface area (Å²) in [5.41, 5.74) is 0. The van der Waals surface area contributed by atoms with E-state index in [1.807, 2.05) is 0 Å². The van der Waals surface area contributed by atoms with Gasteiger partial charge in [0.25, 0.3) is 0 Å². The lowest BCUT2D eigenvalue weighted by Crippen LogP contribution is -2.66. The minimum atomic E-state index is -1.97. The molecule has 12 N–H and O–H groups in total. The monoisotopic (exact) mass is 1360 g/mol. The molecule has 1 amide bonds. The van der Waals surface area contributed by atoms with Gasteiger partial charge >= 0.3 is 0 Å². The van der Waals surface area contributed by atoms with Crippen LogP contribution in [0.15, 0.2) is 24.3 Å². The highest BCUT2D eigenvalue weighted by molar-refractivity contribution is 5.76. The highest BCUT2D eigenvalue weighted by atomic mass is 16.8. The molecule has 17 atom stereocenters. The van der Waals surface area contributed by atoms with Crippen LogP contribution in [-0.4, -0.2) is 193 Å². The van der Waals surface area contributed by atoms with Crippen molar-refractivity contribution in [2.45, 2.75) is 426 Å². The minimum Gasteiger partial charge on any atom is -0.394 e. The summed E-state index contributed by atoms with van der Waals surface area (Å²) >= 11 is 0. The quantitative estimate of drug-likeness (QED) is 0.0199. The fraction of sp³-hybridized carbons (Fsp3) is 0.934. The second-order valence-electron chi connectivity index (χ2n) is 28.2. The van der Waals surface area contributed by atoms with E-state index in [0.717, 1.165) is 51.4 Å². The fourth-order valence-corrected chi connectivity index (χ4v) is 13.5. The van der Waals surface area contributed by atoms with E-state index in [-0.39, 0.29) is 18.9 Å². The summed E-state index contributed by atoms with van der Waals surface area (Å²) in [5.74, 6) is -0.238. The van der Waals surface area contributed by atoms with E-state index >= 15 is 0 Å². The van der Waals surface area contributed by atoms with Gasteiger partial charge in [-0.05, 0) is 44.9 Å². The van der Waals surface area contributed by atoms with Crippen LogP contribution in [0.5, 0.6) is 0 Å². The van der Waals surface area contributed by atoms with E-state index in [1.165, 1.54) is 238 Å². The lowest BCUT2D eigenvalue weighted by molar-refractivity contribution is -0.379. The van der Waals surface area contributed by atoms with Crippen molar-refractivity contribution in [2.75, 3.05) is 26.4 Å². The minimum absolute atomic E-state index is 0.238. The smallest absolute Gasteiger partial charge is 0.220 e. The molecule has 560 valence electrons. The van der Waals surface area contributed by atoms with Crippen molar-refractivity contribution in [1.82, 2.24) is 5.32 Å². The number of hydrogen-bond acceptors (Lipinski definition) is 18. The predicted octanol–water partition coefficient (Wildman–Crippen LogP) is 12.2. The summed E-state index contributed by atoms with van der Waals surface area (Å²) in [5, 5.41) is 121. The molecule has 3 fully saturated rings. The van der Waals surface area contributed by atoms with E-state index in [0.29, 0.717) is 12.8 Å². The zero-order valence-corrected chi connectivity index (χ0v) is 59.7. The molecule has 19 nitrogen and oxygen atoms in total. The van der Waals surface area contributed by atoms with Gasteiger partial charge in [-0.15, -0.1) is 0 Å². The second kappa shape index (κ2) is 57.8. The van der Waals surface area contributed by atoms with E-state index in [2.05, 4.69) is 43.5 Å². The van der Waals surface area contributed by atoms with E-state index in [9.17, 15) is 61.0 Å². The molecule has 0 aromatic rings. The highest BCUT2D eigenvalue weighted by Gasteiger charge is 2.54. The zero-order chi connectivity index (χ0) is 68.9. The average Bonchev–Trinajstić information content (AvgIpc) is 0.787. The highest BCUT2D eigenvalue weighted by Crippen LogP contribution is 2.33. The Kier molecular flexibility index (Phi) is 53.3. The summed E-state index contributed by atoms with van der Waals surface area (Å²) in [7, 11) is 0. The van der Waals surface area contributed by atoms with Crippen LogP contribution in [0.4, 0.5) is 0 Å². The van der Waals surface area contributed by atoms with Crippen molar-refractivity contribution >= 4 is 5.91 Å². The largest absolute Gasteiger partial charge is 0.394 e. The molecule has 3 heterocycles. The molecule has 3 rings (SSSR count). The molecule has 0 aromatic heterocycles. The molecule has 17 unspecified atom stereocenters. The summed E-state index contributed by atoms with van der Waals surface area (Å²) in [6.07, 6.45) is 41.1. The third kappa shape index (κ3) is 38.8. The number of nitrogens with one attached hydrogen (secondary N) is 1. The molecule has 19 heteroatoms. The topological polar surface area (TPSA) is 307 Å². The molecule has 95 heavy (non-hydrogen) atoms. The molecule has 3 aliphatic heterocycles. The van der Waals surface area contributed by atoms with Crippen LogP contribution in [0, 0.1) is 0 Å². The first kappa shape index (κ1) is 87.5. The Balaban J connectivity index is 1.39. The third-order valence-corrected chi connectivity index (χ3v) is 19.8. The van der Waals surface area contributed by atoms with Gasteiger partial charge in [0.15, 0.2) is 18.9 Å². The van der Waals surface area contributed by atoms with Gasteiger partial charge in [-0.3, -0.25) is 4.79 Å². The SMILES string of the molecule is CCCCCCC/C=C\C/C=C\CCCCCCCCCCCCCCCC(=O)NC(COC1OC(CO)C(OC2OC(CO)C(OC3OC(CO)C(O)C(O)C3O)C(O)C2O)C(O)C1O)C(O)CCCCCCCCCCCCCCCCCCCCCCCCCCC. The Bertz CT molecular complexity index is 1810. The fourth-order valence-electron chi connectivity index (χ4n) is 13.5. The van der Waals surface area contributed by atoms with Crippen LogP contribution < -0.4 is 5.32 Å². The predicted molar refractivity (Wildman–Crippen MR) is 374 cm³/mol. The van der Waals surface area contributed by atoms with Crippen LogP contribution in [0.3, 0.4) is 0 Å². The van der Waals surface area contributed by atoms with E-state index in [1.54, 1.807) is 0 Å². The average molecular weight is 1360 g/mol. The van der Waals surface area contributed by atoms with E-state index < -0.39 is 124 Å². The molecule has 3 saturated heterocycles. The number of carbonyl (C=O) groups is 1. The number of unbranched alkanes of at least 4 members (excludes halogenated alkanes) is 42. The molecular formula is C76H143NO18. The van der Waals surface area contributed by atoms with Crippen molar-refractivity contribution in [2.24, 2.45) is 0 Å². The Labute approximate surface area is 575 Å². The second-order valence-corrected chi connectivity index (χ2v) is 28.2. The first-order valence-corrected chi connectivity index (χ1v) is 39.1. The van der Waals surface area contributed by atoms with Gasteiger partial charge < -0.3 is 89.9 Å². The Morgan fingerprint density at radius 3 is 1.07 bits per heavy atom. The van der Waals surface area contributed by atoms with Gasteiger partial charge in [-0.25, -0.2) is 0 Å². The number of allylic oxidation sites excluding steroid dienone is 4. The van der Waals surface area contributed by atoms with Crippen molar-refractivity contribution in [3.8, 4) is 0 Å². The maximum Gasteiger partial charge on any atom is 0.220 e. The maximum atomic E-state index is 13.5. The van der Waals surface area contributed by atoms with Crippen LogP contribution >= 0.6 is 0 Å². The van der Waals surface area contributed by atoms with Crippen molar-refractivity contribution in [1.29, 1.82) is 0 Å². The van der Waals surface area contributed by atoms with Crippen LogP contribution in [-0.2, 0) is 33.2 Å². The summed E-state index contributed by atoms with van der Waals surface area (Å²) < 4.78 is 34.5. The first-order valence-electron chi connectivity index (χ1n) is 39.1. The van der Waals surface area contributed by atoms with E-state index in [4.69, 9.17) is 28.4 Å². The van der Waals surface area contributed by atoms with Gasteiger partial charge in [0.2, 0.25) is 5.91 Å².